The molecule has 160 valence electrons. The number of amides is 1. The summed E-state index contributed by atoms with van der Waals surface area (Å²) in [7, 11) is 0. The Hall–Kier alpha value is -2.88. The van der Waals surface area contributed by atoms with E-state index in [0.717, 1.165) is 30.6 Å². The first-order valence-corrected chi connectivity index (χ1v) is 11.4. The normalized spacial score (nSPS) is 31.8. The van der Waals surface area contributed by atoms with Crippen molar-refractivity contribution in [3.05, 3.63) is 72.3 Å². The van der Waals surface area contributed by atoms with E-state index in [1.54, 1.807) is 0 Å². The van der Waals surface area contributed by atoms with Crippen molar-refractivity contribution in [2.75, 3.05) is 4.90 Å². The summed E-state index contributed by atoms with van der Waals surface area (Å²) in [6.45, 7) is 4.21. The van der Waals surface area contributed by atoms with E-state index < -0.39 is 0 Å². The van der Waals surface area contributed by atoms with Crippen molar-refractivity contribution in [2.45, 2.75) is 39.2 Å². The zero-order valence-electron chi connectivity index (χ0n) is 18.1. The van der Waals surface area contributed by atoms with Crippen LogP contribution in [0, 0.1) is 29.6 Å². The molecule has 31 heavy (non-hydrogen) atoms. The second kappa shape index (κ2) is 7.99. The number of carbonyl (C=O) groups is 2. The number of benzene rings is 2. The zero-order valence-corrected chi connectivity index (χ0v) is 18.1. The maximum absolute atomic E-state index is 14.4. The number of nitrogens with zero attached hydrogens (tertiary/aromatic N) is 1. The third kappa shape index (κ3) is 3.48. The summed E-state index contributed by atoms with van der Waals surface area (Å²) in [5, 5.41) is 0. The summed E-state index contributed by atoms with van der Waals surface area (Å²) in [4.78, 5) is 28.9. The van der Waals surface area contributed by atoms with Gasteiger partial charge in [0.05, 0.1) is 11.8 Å². The Labute approximate surface area is 183 Å². The fourth-order valence-corrected chi connectivity index (χ4v) is 5.93. The predicted octanol–water partition coefficient (Wildman–Crippen LogP) is 5.52. The first-order valence-electron chi connectivity index (χ1n) is 11.4. The van der Waals surface area contributed by atoms with Gasteiger partial charge in [-0.3, -0.25) is 14.5 Å². The van der Waals surface area contributed by atoms with Crippen LogP contribution in [0.2, 0.25) is 0 Å². The summed E-state index contributed by atoms with van der Waals surface area (Å²) in [6, 6.07) is 19.7. The minimum absolute atomic E-state index is 0.0719. The molecule has 1 saturated carbocycles. The molecule has 1 aliphatic heterocycles. The van der Waals surface area contributed by atoms with Crippen LogP contribution in [-0.4, -0.2) is 18.0 Å². The smallest absolute Gasteiger partial charge is 0.313 e. The van der Waals surface area contributed by atoms with E-state index in [9.17, 15) is 9.59 Å². The van der Waals surface area contributed by atoms with Crippen molar-refractivity contribution in [2.24, 2.45) is 29.6 Å². The van der Waals surface area contributed by atoms with Gasteiger partial charge in [0.2, 0.25) is 5.91 Å². The molecule has 2 aromatic carbocycles. The molecule has 4 heteroatoms. The van der Waals surface area contributed by atoms with Crippen molar-refractivity contribution in [1.82, 2.24) is 0 Å². The molecule has 6 atom stereocenters. The molecule has 2 aliphatic carbocycles. The Balaban J connectivity index is 1.61. The number of ether oxygens (including phenoxy) is 1. The highest BCUT2D eigenvalue weighted by Gasteiger charge is 2.55. The number of cyclic esters (lactones) is 1. The highest BCUT2D eigenvalue weighted by Crippen LogP contribution is 2.52. The highest BCUT2D eigenvalue weighted by molar-refractivity contribution is 6.03. The average molecular weight is 416 g/mol. The lowest BCUT2D eigenvalue weighted by Crippen LogP contribution is -2.47. The average Bonchev–Trinajstić information content (AvgIpc) is 3.06. The molecular weight excluding hydrogens is 386 g/mol. The van der Waals surface area contributed by atoms with E-state index in [-0.39, 0.29) is 41.7 Å². The molecule has 3 aliphatic rings. The Kier molecular flexibility index (Phi) is 5.17. The number of rotatable bonds is 3. The number of hydrogen-bond donors (Lipinski definition) is 0. The molecule has 1 amide bonds. The fourth-order valence-electron chi connectivity index (χ4n) is 5.93. The SMILES string of the molecule is C[C@@H]1CC[C@H]2C(=C[C@H]3C(=O)O[C@H](C)[C@H]3[C@H]2C(=O)N(c2ccccc2)c2ccccc2)C1. The molecule has 2 aromatic rings. The van der Waals surface area contributed by atoms with Gasteiger partial charge >= 0.3 is 5.97 Å². The number of hydrogen-bond acceptors (Lipinski definition) is 3. The fraction of sp³-hybridized carbons (Fsp3) is 0.407. The second-order valence-corrected chi connectivity index (χ2v) is 9.35. The highest BCUT2D eigenvalue weighted by atomic mass is 16.6. The van der Waals surface area contributed by atoms with Crippen LogP contribution in [0.4, 0.5) is 11.4 Å². The van der Waals surface area contributed by atoms with E-state index in [1.807, 2.05) is 72.5 Å². The van der Waals surface area contributed by atoms with Crippen LogP contribution in [0.5, 0.6) is 0 Å². The minimum Gasteiger partial charge on any atom is -0.462 e. The molecule has 1 heterocycles. The summed E-state index contributed by atoms with van der Waals surface area (Å²) < 4.78 is 5.66. The first-order chi connectivity index (χ1) is 15.0. The zero-order chi connectivity index (χ0) is 21.5. The molecular formula is C27H29NO3. The topological polar surface area (TPSA) is 46.6 Å². The largest absolute Gasteiger partial charge is 0.462 e. The summed E-state index contributed by atoms with van der Waals surface area (Å²) in [6.07, 6.45) is 4.97. The molecule has 4 nitrogen and oxygen atoms in total. The second-order valence-electron chi connectivity index (χ2n) is 9.35. The van der Waals surface area contributed by atoms with Crippen LogP contribution in [0.3, 0.4) is 0 Å². The molecule has 2 fully saturated rings. The molecule has 1 saturated heterocycles. The molecule has 0 bridgehead atoms. The van der Waals surface area contributed by atoms with E-state index in [1.165, 1.54) is 5.57 Å². The summed E-state index contributed by atoms with van der Waals surface area (Å²) in [5.41, 5.74) is 2.99. The molecule has 0 N–H and O–H groups in total. The Morgan fingerprint density at radius 2 is 1.55 bits per heavy atom. The lowest BCUT2D eigenvalue weighted by molar-refractivity contribution is -0.142. The lowest BCUT2D eigenvalue weighted by Gasteiger charge is -2.44. The van der Waals surface area contributed by atoms with Crippen molar-refractivity contribution < 1.29 is 14.3 Å². The summed E-state index contributed by atoms with van der Waals surface area (Å²) in [5.74, 6) is -0.0284. The number of fused-ring (bicyclic) bond motifs is 2. The van der Waals surface area contributed by atoms with Gasteiger partial charge in [-0.15, -0.1) is 0 Å². The number of para-hydroxylation sites is 2. The van der Waals surface area contributed by atoms with Crippen molar-refractivity contribution >= 4 is 23.3 Å². The molecule has 0 aromatic heterocycles. The van der Waals surface area contributed by atoms with Gasteiger partial charge in [0, 0.05) is 17.3 Å². The Bertz CT molecular complexity index is 960. The summed E-state index contributed by atoms with van der Waals surface area (Å²) >= 11 is 0. The Morgan fingerprint density at radius 1 is 0.935 bits per heavy atom. The lowest BCUT2D eigenvalue weighted by atomic mass is 9.61. The predicted molar refractivity (Wildman–Crippen MR) is 121 cm³/mol. The van der Waals surface area contributed by atoms with Crippen LogP contribution in [0.1, 0.15) is 33.1 Å². The van der Waals surface area contributed by atoms with Gasteiger partial charge in [-0.1, -0.05) is 55.0 Å². The monoisotopic (exact) mass is 415 g/mol. The van der Waals surface area contributed by atoms with E-state index >= 15 is 0 Å². The van der Waals surface area contributed by atoms with Crippen LogP contribution < -0.4 is 4.90 Å². The Morgan fingerprint density at radius 3 is 2.16 bits per heavy atom. The molecule has 0 spiro atoms. The van der Waals surface area contributed by atoms with E-state index in [4.69, 9.17) is 4.74 Å². The standard InChI is InChI=1S/C27H29NO3/c1-17-13-14-22-19(15-17)16-23-24(18(2)31-27(23)30)25(22)26(29)28(20-9-5-3-6-10-20)21-11-7-4-8-12-21/h3-12,16-18,22-25H,13-15H2,1-2H3/t17-,18-,22+,23-,24-,25+/m1/s1. The van der Waals surface area contributed by atoms with E-state index in [2.05, 4.69) is 13.0 Å². The number of carbonyl (C=O) groups excluding carboxylic acids is 2. The van der Waals surface area contributed by atoms with Gasteiger partial charge < -0.3 is 4.74 Å². The quantitative estimate of drug-likeness (QED) is 0.490. The van der Waals surface area contributed by atoms with Gasteiger partial charge in [-0.2, -0.15) is 0 Å². The van der Waals surface area contributed by atoms with Gasteiger partial charge in [-0.25, -0.2) is 0 Å². The maximum atomic E-state index is 14.4. The van der Waals surface area contributed by atoms with Crippen molar-refractivity contribution in [1.29, 1.82) is 0 Å². The number of esters is 1. The van der Waals surface area contributed by atoms with Crippen LogP contribution in [0.25, 0.3) is 0 Å². The van der Waals surface area contributed by atoms with Crippen LogP contribution in [-0.2, 0) is 14.3 Å². The van der Waals surface area contributed by atoms with Crippen molar-refractivity contribution in [3.8, 4) is 0 Å². The first kappa shape index (κ1) is 20.0. The maximum Gasteiger partial charge on any atom is 0.313 e. The van der Waals surface area contributed by atoms with Gasteiger partial charge in [0.15, 0.2) is 0 Å². The van der Waals surface area contributed by atoms with Crippen LogP contribution >= 0.6 is 0 Å². The van der Waals surface area contributed by atoms with Gasteiger partial charge in [-0.05, 0) is 62.3 Å². The molecule has 0 radical (unpaired) electrons. The van der Waals surface area contributed by atoms with E-state index in [0.29, 0.717) is 5.92 Å². The van der Waals surface area contributed by atoms with Crippen molar-refractivity contribution in [3.63, 3.8) is 0 Å². The van der Waals surface area contributed by atoms with Gasteiger partial charge in [0.1, 0.15) is 6.10 Å². The third-order valence-corrected chi connectivity index (χ3v) is 7.34. The van der Waals surface area contributed by atoms with Gasteiger partial charge in [0.25, 0.3) is 0 Å². The third-order valence-electron chi connectivity index (χ3n) is 7.34. The number of allylic oxidation sites excluding steroid dienone is 1. The van der Waals surface area contributed by atoms with Crippen LogP contribution in [0.15, 0.2) is 72.3 Å². The molecule has 0 unspecified atom stereocenters. The number of anilines is 2. The molecule has 5 rings (SSSR count). The minimum atomic E-state index is -0.311.